The molecule has 2 aromatic carbocycles. The van der Waals surface area contributed by atoms with E-state index in [1.165, 1.54) is 12.1 Å². The van der Waals surface area contributed by atoms with Crippen molar-refractivity contribution in [1.29, 1.82) is 0 Å². The summed E-state index contributed by atoms with van der Waals surface area (Å²) < 4.78 is 28.9. The van der Waals surface area contributed by atoms with E-state index >= 15 is 0 Å². The fourth-order valence-corrected chi connectivity index (χ4v) is 4.23. The van der Waals surface area contributed by atoms with Gasteiger partial charge in [-0.25, -0.2) is 8.42 Å². The molecule has 2 aromatic rings. The molecular weight excluding hydrogens is 440 g/mol. The van der Waals surface area contributed by atoms with Crippen LogP contribution in [0.2, 0.25) is 5.02 Å². The number of halogens is 1. The number of benzene rings is 2. The average molecular weight is 465 g/mol. The number of carbonyl (C=O) groups is 2. The highest BCUT2D eigenvalue weighted by molar-refractivity contribution is 7.90. The molecular formula is C22H25ClN2O5S. The highest BCUT2D eigenvalue weighted by Crippen LogP contribution is 2.27. The van der Waals surface area contributed by atoms with Crippen molar-refractivity contribution < 1.29 is 22.7 Å². The number of hydrogen-bond donors (Lipinski definition) is 0. The zero-order valence-electron chi connectivity index (χ0n) is 17.5. The Morgan fingerprint density at radius 1 is 1.23 bits per heavy atom. The lowest BCUT2D eigenvalue weighted by molar-refractivity contribution is -0.138. The quantitative estimate of drug-likeness (QED) is 0.443. The Morgan fingerprint density at radius 3 is 2.61 bits per heavy atom. The van der Waals surface area contributed by atoms with Gasteiger partial charge in [-0.15, -0.1) is 0 Å². The van der Waals surface area contributed by atoms with Crippen molar-refractivity contribution in [3.05, 3.63) is 53.6 Å². The first kappa shape index (κ1) is 23.1. The van der Waals surface area contributed by atoms with Crippen LogP contribution >= 0.6 is 11.6 Å². The second kappa shape index (κ2) is 9.70. The highest BCUT2D eigenvalue weighted by atomic mass is 35.5. The molecule has 9 heteroatoms. The summed E-state index contributed by atoms with van der Waals surface area (Å²) in [5.74, 6) is -0.636. The maximum Gasteiger partial charge on any atom is 0.239 e. The Kier molecular flexibility index (Phi) is 7.23. The molecule has 3 rings (SSSR count). The topological polar surface area (TPSA) is 84.0 Å². The van der Waals surface area contributed by atoms with Gasteiger partial charge in [0.15, 0.2) is 9.84 Å². The van der Waals surface area contributed by atoms with Crippen molar-refractivity contribution in [1.82, 2.24) is 4.90 Å². The van der Waals surface area contributed by atoms with E-state index in [4.69, 9.17) is 16.3 Å². The maximum atomic E-state index is 12.8. The van der Waals surface area contributed by atoms with E-state index in [2.05, 4.69) is 0 Å². The highest BCUT2D eigenvalue weighted by Gasteiger charge is 2.38. The summed E-state index contributed by atoms with van der Waals surface area (Å²) in [6, 6.07) is 13.3. The van der Waals surface area contributed by atoms with Crippen LogP contribution in [0.4, 0.5) is 5.69 Å². The molecule has 1 atom stereocenters. The monoisotopic (exact) mass is 464 g/mol. The van der Waals surface area contributed by atoms with Gasteiger partial charge in [0, 0.05) is 37.1 Å². The second-order valence-electron chi connectivity index (χ2n) is 7.52. The summed E-state index contributed by atoms with van der Waals surface area (Å²) in [5.41, 5.74) is 0.733. The van der Waals surface area contributed by atoms with Gasteiger partial charge in [0.25, 0.3) is 0 Å². The second-order valence-corrected chi connectivity index (χ2v) is 9.97. The van der Waals surface area contributed by atoms with E-state index in [-0.39, 0.29) is 16.7 Å². The third-order valence-corrected chi connectivity index (χ3v) is 6.52. The first-order valence-electron chi connectivity index (χ1n) is 9.91. The Hall–Kier alpha value is -2.58. The molecule has 7 nitrogen and oxygen atoms in total. The minimum atomic E-state index is -3.30. The lowest BCUT2D eigenvalue weighted by Crippen LogP contribution is -2.38. The van der Waals surface area contributed by atoms with Gasteiger partial charge in [-0.3, -0.25) is 9.59 Å². The zero-order valence-corrected chi connectivity index (χ0v) is 19.0. The van der Waals surface area contributed by atoms with E-state index in [1.807, 2.05) is 0 Å². The van der Waals surface area contributed by atoms with Crippen molar-refractivity contribution >= 4 is 38.9 Å². The van der Waals surface area contributed by atoms with Gasteiger partial charge in [0.2, 0.25) is 11.8 Å². The van der Waals surface area contributed by atoms with Crippen molar-refractivity contribution in [3.63, 3.8) is 0 Å². The average Bonchev–Trinajstić information content (AvgIpc) is 3.12. The predicted octanol–water partition coefficient (Wildman–Crippen LogP) is 3.02. The largest absolute Gasteiger partial charge is 0.493 e. The van der Waals surface area contributed by atoms with Crippen LogP contribution in [0.3, 0.4) is 0 Å². The summed E-state index contributed by atoms with van der Waals surface area (Å²) in [4.78, 5) is 28.9. The van der Waals surface area contributed by atoms with Crippen LogP contribution in [0.15, 0.2) is 53.4 Å². The first-order chi connectivity index (χ1) is 14.7. The molecule has 1 aliphatic heterocycles. The van der Waals surface area contributed by atoms with E-state index in [0.29, 0.717) is 43.3 Å². The lowest BCUT2D eigenvalue weighted by Gasteiger charge is -2.21. The van der Waals surface area contributed by atoms with Crippen molar-refractivity contribution in [2.24, 2.45) is 5.92 Å². The third kappa shape index (κ3) is 5.77. The number of sulfone groups is 1. The smallest absolute Gasteiger partial charge is 0.239 e. The SMILES string of the molecule is CN(CCCOc1cccc(S(C)(=O)=O)c1)C(=O)C1CCN(c2ccc(Cl)cc2)C1=O. The van der Waals surface area contributed by atoms with Gasteiger partial charge < -0.3 is 14.5 Å². The molecule has 0 aromatic heterocycles. The molecule has 1 saturated heterocycles. The lowest BCUT2D eigenvalue weighted by atomic mass is 10.1. The molecule has 1 aliphatic rings. The Morgan fingerprint density at radius 2 is 1.94 bits per heavy atom. The molecule has 31 heavy (non-hydrogen) atoms. The standard InChI is InChI=1S/C22H25ClN2O5S/c1-24(12-4-14-30-18-5-3-6-19(15-18)31(2,28)29)21(26)20-11-13-25(22(20)27)17-9-7-16(23)8-10-17/h3,5-10,15,20H,4,11-14H2,1-2H3. The van der Waals surface area contributed by atoms with Crippen LogP contribution in [-0.4, -0.2) is 58.1 Å². The van der Waals surface area contributed by atoms with Gasteiger partial charge in [-0.2, -0.15) is 0 Å². The summed E-state index contributed by atoms with van der Waals surface area (Å²) in [7, 11) is -1.63. The van der Waals surface area contributed by atoms with Gasteiger partial charge in [-0.05, 0) is 55.3 Å². The summed E-state index contributed by atoms with van der Waals surface area (Å²) in [6.45, 7) is 1.24. The molecule has 1 fully saturated rings. The summed E-state index contributed by atoms with van der Waals surface area (Å²) in [6.07, 6.45) is 2.16. The predicted molar refractivity (Wildman–Crippen MR) is 119 cm³/mol. The number of rotatable bonds is 8. The van der Waals surface area contributed by atoms with E-state index in [9.17, 15) is 18.0 Å². The molecule has 0 bridgehead atoms. The van der Waals surface area contributed by atoms with Crippen LogP contribution in [0.25, 0.3) is 0 Å². The Bertz CT molecular complexity index is 1060. The zero-order chi connectivity index (χ0) is 22.6. The number of ether oxygens (including phenoxy) is 1. The Balaban J connectivity index is 1.49. The fraction of sp³-hybridized carbons (Fsp3) is 0.364. The minimum Gasteiger partial charge on any atom is -0.493 e. The maximum absolute atomic E-state index is 12.8. The van der Waals surface area contributed by atoms with Gasteiger partial charge in [0.05, 0.1) is 11.5 Å². The van der Waals surface area contributed by atoms with Crippen LogP contribution in [0.5, 0.6) is 5.75 Å². The van der Waals surface area contributed by atoms with E-state index in [0.717, 1.165) is 11.9 Å². The molecule has 2 amide bonds. The van der Waals surface area contributed by atoms with Gasteiger partial charge in [-0.1, -0.05) is 17.7 Å². The third-order valence-electron chi connectivity index (χ3n) is 5.16. The van der Waals surface area contributed by atoms with Crippen molar-refractivity contribution in [2.45, 2.75) is 17.7 Å². The molecule has 1 unspecified atom stereocenters. The molecule has 1 heterocycles. The molecule has 0 saturated carbocycles. The molecule has 0 N–H and O–H groups in total. The molecule has 0 aliphatic carbocycles. The van der Waals surface area contributed by atoms with Crippen LogP contribution in [0, 0.1) is 5.92 Å². The molecule has 166 valence electrons. The Labute approximate surface area is 187 Å². The summed E-state index contributed by atoms with van der Waals surface area (Å²) in [5, 5.41) is 0.591. The van der Waals surface area contributed by atoms with Crippen LogP contribution in [-0.2, 0) is 19.4 Å². The molecule has 0 radical (unpaired) electrons. The van der Waals surface area contributed by atoms with Crippen molar-refractivity contribution in [2.75, 3.05) is 37.9 Å². The number of amides is 2. The van der Waals surface area contributed by atoms with Gasteiger partial charge in [0.1, 0.15) is 11.7 Å². The fourth-order valence-electron chi connectivity index (χ4n) is 3.45. The number of anilines is 1. The van der Waals surface area contributed by atoms with E-state index in [1.54, 1.807) is 53.2 Å². The number of carbonyl (C=O) groups excluding carboxylic acids is 2. The van der Waals surface area contributed by atoms with Gasteiger partial charge >= 0.3 is 0 Å². The normalized spacial score (nSPS) is 16.4. The molecule has 0 spiro atoms. The minimum absolute atomic E-state index is 0.197. The summed E-state index contributed by atoms with van der Waals surface area (Å²) >= 11 is 5.90. The van der Waals surface area contributed by atoms with Crippen LogP contribution in [0.1, 0.15) is 12.8 Å². The van der Waals surface area contributed by atoms with E-state index < -0.39 is 15.8 Å². The van der Waals surface area contributed by atoms with Crippen molar-refractivity contribution in [3.8, 4) is 5.75 Å². The first-order valence-corrected chi connectivity index (χ1v) is 12.2. The van der Waals surface area contributed by atoms with Crippen LogP contribution < -0.4 is 9.64 Å². The number of hydrogen-bond acceptors (Lipinski definition) is 5. The number of nitrogens with zero attached hydrogens (tertiary/aromatic N) is 2.